The number of aromatic nitrogens is 3. The van der Waals surface area contributed by atoms with Crippen LogP contribution in [-0.2, 0) is 11.3 Å². The Balaban J connectivity index is 1.83. The Bertz CT molecular complexity index is 740. The maximum Gasteiger partial charge on any atom is 0.266 e. The molecule has 3 rings (SSSR count). The van der Waals surface area contributed by atoms with Gasteiger partial charge in [0.15, 0.2) is 5.65 Å². The van der Waals surface area contributed by atoms with Crippen molar-refractivity contribution in [2.45, 2.75) is 39.3 Å². The van der Waals surface area contributed by atoms with Crippen molar-refractivity contribution in [3.8, 4) is 0 Å². The molecule has 7 heteroatoms. The molecule has 21 heavy (non-hydrogen) atoms. The molecule has 2 aromatic heterocycles. The second-order valence-corrected chi connectivity index (χ2v) is 5.44. The number of hydrogen-bond donors (Lipinski definition) is 3. The normalized spacial score (nSPS) is 18.3. The zero-order valence-corrected chi connectivity index (χ0v) is 12.2. The van der Waals surface area contributed by atoms with E-state index in [4.69, 9.17) is 0 Å². The smallest absolute Gasteiger partial charge is 0.266 e. The SMILES string of the molecule is Cc1nc2cc(=O)[nH]n2c(C)c1CNC(=O)C1CCCN1. The van der Waals surface area contributed by atoms with E-state index < -0.39 is 0 Å². The predicted molar refractivity (Wildman–Crippen MR) is 78.2 cm³/mol. The number of rotatable bonds is 3. The summed E-state index contributed by atoms with van der Waals surface area (Å²) in [4.78, 5) is 27.9. The van der Waals surface area contributed by atoms with Gasteiger partial charge < -0.3 is 10.6 Å². The van der Waals surface area contributed by atoms with Crippen LogP contribution < -0.4 is 16.2 Å². The molecular weight excluding hydrogens is 270 g/mol. The summed E-state index contributed by atoms with van der Waals surface area (Å²) in [6, 6.07) is 1.37. The molecule has 1 amide bonds. The van der Waals surface area contributed by atoms with Crippen LogP contribution in [0.4, 0.5) is 0 Å². The molecule has 0 aromatic carbocycles. The average molecular weight is 289 g/mol. The van der Waals surface area contributed by atoms with Gasteiger partial charge in [-0.1, -0.05) is 0 Å². The standard InChI is InChI=1S/C14H19N5O2/c1-8-10(7-16-14(21)11-4-3-5-15-11)9(2)19-12(17-8)6-13(20)18-19/h6,11,15H,3-5,7H2,1-2H3,(H,16,21)(H,18,20). The summed E-state index contributed by atoms with van der Waals surface area (Å²) >= 11 is 0. The zero-order chi connectivity index (χ0) is 15.0. The van der Waals surface area contributed by atoms with E-state index in [1.165, 1.54) is 6.07 Å². The minimum Gasteiger partial charge on any atom is -0.351 e. The Labute approximate surface area is 121 Å². The van der Waals surface area contributed by atoms with Gasteiger partial charge in [-0.15, -0.1) is 0 Å². The van der Waals surface area contributed by atoms with Crippen LogP contribution in [0.1, 0.15) is 29.8 Å². The summed E-state index contributed by atoms with van der Waals surface area (Å²) in [6.07, 6.45) is 1.92. The summed E-state index contributed by atoms with van der Waals surface area (Å²) in [6.45, 7) is 5.11. The van der Waals surface area contributed by atoms with Crippen molar-refractivity contribution < 1.29 is 4.79 Å². The molecule has 3 heterocycles. The Morgan fingerprint density at radius 1 is 1.52 bits per heavy atom. The third kappa shape index (κ3) is 2.56. The number of amides is 1. The molecule has 1 aliphatic heterocycles. The molecule has 1 saturated heterocycles. The van der Waals surface area contributed by atoms with Crippen molar-refractivity contribution in [2.24, 2.45) is 0 Å². The van der Waals surface area contributed by atoms with Crippen LogP contribution in [0.3, 0.4) is 0 Å². The van der Waals surface area contributed by atoms with Crippen LogP contribution in [0, 0.1) is 13.8 Å². The average Bonchev–Trinajstić information content (AvgIpc) is 3.07. The van der Waals surface area contributed by atoms with Crippen LogP contribution in [0.2, 0.25) is 0 Å². The minimum absolute atomic E-state index is 0.0207. The molecule has 1 fully saturated rings. The lowest BCUT2D eigenvalue weighted by Gasteiger charge is -2.14. The van der Waals surface area contributed by atoms with Gasteiger partial charge in [0.1, 0.15) is 0 Å². The number of carbonyl (C=O) groups is 1. The zero-order valence-electron chi connectivity index (χ0n) is 12.2. The molecule has 3 N–H and O–H groups in total. The number of aromatic amines is 1. The fourth-order valence-electron chi connectivity index (χ4n) is 2.82. The number of fused-ring (bicyclic) bond motifs is 1. The minimum atomic E-state index is -0.179. The number of hydrogen-bond acceptors (Lipinski definition) is 4. The molecule has 1 aliphatic rings. The third-order valence-electron chi connectivity index (χ3n) is 4.02. The van der Waals surface area contributed by atoms with Crippen LogP contribution >= 0.6 is 0 Å². The monoisotopic (exact) mass is 289 g/mol. The first-order valence-corrected chi connectivity index (χ1v) is 7.15. The first-order chi connectivity index (χ1) is 10.1. The van der Waals surface area contributed by atoms with Crippen molar-refractivity contribution in [3.05, 3.63) is 33.4 Å². The highest BCUT2D eigenvalue weighted by atomic mass is 16.2. The van der Waals surface area contributed by atoms with Crippen LogP contribution in [0.25, 0.3) is 5.65 Å². The fraction of sp³-hybridized carbons (Fsp3) is 0.500. The van der Waals surface area contributed by atoms with Crippen molar-refractivity contribution in [1.29, 1.82) is 0 Å². The lowest BCUT2D eigenvalue weighted by atomic mass is 10.1. The van der Waals surface area contributed by atoms with Crippen molar-refractivity contribution >= 4 is 11.6 Å². The number of nitrogens with zero attached hydrogens (tertiary/aromatic N) is 2. The van der Waals surface area contributed by atoms with Gasteiger partial charge in [-0.05, 0) is 33.2 Å². The summed E-state index contributed by atoms with van der Waals surface area (Å²) in [5, 5.41) is 8.83. The van der Waals surface area contributed by atoms with E-state index in [1.807, 2.05) is 13.8 Å². The van der Waals surface area contributed by atoms with Gasteiger partial charge in [-0.3, -0.25) is 14.7 Å². The Hall–Kier alpha value is -2.15. The quantitative estimate of drug-likeness (QED) is 0.742. The van der Waals surface area contributed by atoms with E-state index in [1.54, 1.807) is 4.52 Å². The molecule has 0 radical (unpaired) electrons. The van der Waals surface area contributed by atoms with Crippen LogP contribution in [0.5, 0.6) is 0 Å². The van der Waals surface area contributed by atoms with Gasteiger partial charge in [0, 0.05) is 29.6 Å². The first-order valence-electron chi connectivity index (χ1n) is 7.15. The van der Waals surface area contributed by atoms with Crippen molar-refractivity contribution in [1.82, 2.24) is 25.2 Å². The molecule has 0 bridgehead atoms. The highest BCUT2D eigenvalue weighted by Gasteiger charge is 2.22. The lowest BCUT2D eigenvalue weighted by molar-refractivity contribution is -0.122. The van der Waals surface area contributed by atoms with E-state index in [9.17, 15) is 9.59 Å². The molecule has 1 unspecified atom stereocenters. The fourth-order valence-corrected chi connectivity index (χ4v) is 2.82. The number of nitrogens with one attached hydrogen (secondary N) is 3. The van der Waals surface area contributed by atoms with Gasteiger partial charge in [-0.25, -0.2) is 9.50 Å². The second kappa shape index (κ2) is 5.33. The van der Waals surface area contributed by atoms with E-state index in [2.05, 4.69) is 20.7 Å². The highest BCUT2D eigenvalue weighted by molar-refractivity contribution is 5.82. The van der Waals surface area contributed by atoms with E-state index in [0.717, 1.165) is 36.3 Å². The molecule has 7 nitrogen and oxygen atoms in total. The highest BCUT2D eigenvalue weighted by Crippen LogP contribution is 2.13. The van der Waals surface area contributed by atoms with E-state index >= 15 is 0 Å². The Morgan fingerprint density at radius 2 is 2.33 bits per heavy atom. The van der Waals surface area contributed by atoms with Crippen molar-refractivity contribution in [2.75, 3.05) is 6.54 Å². The van der Waals surface area contributed by atoms with Crippen molar-refractivity contribution in [3.63, 3.8) is 0 Å². The molecule has 0 aliphatic carbocycles. The number of carbonyl (C=O) groups excluding carboxylic acids is 1. The predicted octanol–water partition coefficient (Wildman–Crippen LogP) is 0.00764. The summed E-state index contributed by atoms with van der Waals surface area (Å²) in [5.74, 6) is 0.0207. The van der Waals surface area contributed by atoms with Gasteiger partial charge in [0.25, 0.3) is 5.56 Å². The van der Waals surface area contributed by atoms with Gasteiger partial charge in [0.05, 0.1) is 6.04 Å². The van der Waals surface area contributed by atoms with E-state index in [0.29, 0.717) is 12.2 Å². The maximum absolute atomic E-state index is 12.1. The molecule has 0 spiro atoms. The maximum atomic E-state index is 12.1. The number of H-pyrrole nitrogens is 1. The Morgan fingerprint density at radius 3 is 3.05 bits per heavy atom. The van der Waals surface area contributed by atoms with Crippen LogP contribution in [-0.4, -0.2) is 33.1 Å². The van der Waals surface area contributed by atoms with E-state index in [-0.39, 0.29) is 17.5 Å². The molecule has 1 atom stereocenters. The van der Waals surface area contributed by atoms with Gasteiger partial charge in [0.2, 0.25) is 5.91 Å². The molecule has 112 valence electrons. The topological polar surface area (TPSA) is 91.3 Å². The molecular formula is C14H19N5O2. The second-order valence-electron chi connectivity index (χ2n) is 5.44. The third-order valence-corrected chi connectivity index (χ3v) is 4.02. The molecule has 2 aromatic rings. The largest absolute Gasteiger partial charge is 0.351 e. The summed E-state index contributed by atoms with van der Waals surface area (Å²) in [5.41, 5.74) is 3.06. The Kier molecular flexibility index (Phi) is 3.50. The lowest BCUT2D eigenvalue weighted by Crippen LogP contribution is -2.40. The molecule has 0 saturated carbocycles. The van der Waals surface area contributed by atoms with Gasteiger partial charge in [-0.2, -0.15) is 0 Å². The summed E-state index contributed by atoms with van der Waals surface area (Å²) < 4.78 is 1.66. The summed E-state index contributed by atoms with van der Waals surface area (Å²) in [7, 11) is 0. The first kappa shape index (κ1) is 13.8. The number of aryl methyl sites for hydroxylation is 2. The van der Waals surface area contributed by atoms with Gasteiger partial charge >= 0.3 is 0 Å². The van der Waals surface area contributed by atoms with Crippen LogP contribution in [0.15, 0.2) is 10.9 Å².